The molecule has 104 valence electrons. The number of hydrogen-bond acceptors (Lipinski definition) is 2. The summed E-state index contributed by atoms with van der Waals surface area (Å²) in [6.45, 7) is 3.42. The molecular formula is C14H17Cl2NO2. The topological polar surface area (TPSA) is 29.5 Å². The minimum Gasteiger partial charge on any atom is -0.481 e. The summed E-state index contributed by atoms with van der Waals surface area (Å²) in [6, 6.07) is 5.01. The molecule has 0 N–H and O–H groups in total. The zero-order chi connectivity index (χ0) is 13.8. The van der Waals surface area contributed by atoms with Crippen molar-refractivity contribution in [1.29, 1.82) is 0 Å². The van der Waals surface area contributed by atoms with Crippen molar-refractivity contribution in [2.45, 2.75) is 32.3 Å². The Bertz CT molecular complexity index is 459. The van der Waals surface area contributed by atoms with Crippen molar-refractivity contribution in [3.05, 3.63) is 28.2 Å². The molecule has 1 aliphatic heterocycles. The van der Waals surface area contributed by atoms with Crippen molar-refractivity contribution in [3.8, 4) is 5.75 Å². The highest BCUT2D eigenvalue weighted by molar-refractivity contribution is 6.42. The van der Waals surface area contributed by atoms with E-state index < -0.39 is 6.10 Å². The van der Waals surface area contributed by atoms with Crippen LogP contribution in [-0.2, 0) is 4.79 Å². The lowest BCUT2D eigenvalue weighted by atomic mass is 10.1. The van der Waals surface area contributed by atoms with Gasteiger partial charge in [0.15, 0.2) is 6.10 Å². The van der Waals surface area contributed by atoms with Crippen molar-refractivity contribution in [2.24, 2.45) is 0 Å². The normalized spacial score (nSPS) is 17.1. The number of likely N-dealkylation sites (tertiary alicyclic amines) is 1. The van der Waals surface area contributed by atoms with Gasteiger partial charge in [-0.2, -0.15) is 0 Å². The van der Waals surface area contributed by atoms with Gasteiger partial charge in [-0.1, -0.05) is 23.2 Å². The van der Waals surface area contributed by atoms with Gasteiger partial charge in [0.1, 0.15) is 5.75 Å². The number of carbonyl (C=O) groups is 1. The number of carbonyl (C=O) groups excluding carboxylic acids is 1. The second kappa shape index (κ2) is 6.49. The number of ether oxygens (including phenoxy) is 1. The molecule has 0 bridgehead atoms. The van der Waals surface area contributed by atoms with E-state index in [0.717, 1.165) is 25.9 Å². The van der Waals surface area contributed by atoms with Crippen LogP contribution in [0.4, 0.5) is 0 Å². The lowest BCUT2D eigenvalue weighted by Gasteiger charge is -2.29. The summed E-state index contributed by atoms with van der Waals surface area (Å²) in [7, 11) is 0. The molecule has 1 aromatic carbocycles. The Balaban J connectivity index is 1.97. The maximum absolute atomic E-state index is 12.2. The smallest absolute Gasteiger partial charge is 0.263 e. The van der Waals surface area contributed by atoms with E-state index in [2.05, 4.69) is 0 Å². The van der Waals surface area contributed by atoms with Crippen LogP contribution < -0.4 is 4.74 Å². The molecule has 0 spiro atoms. The minimum absolute atomic E-state index is 0.0331. The first-order chi connectivity index (χ1) is 9.08. The molecule has 0 aromatic heterocycles. The molecule has 1 unspecified atom stereocenters. The lowest BCUT2D eigenvalue weighted by molar-refractivity contribution is -0.138. The second-order valence-corrected chi connectivity index (χ2v) is 5.54. The number of rotatable bonds is 3. The zero-order valence-electron chi connectivity index (χ0n) is 10.9. The molecule has 1 amide bonds. The van der Waals surface area contributed by atoms with Gasteiger partial charge in [-0.3, -0.25) is 4.79 Å². The predicted octanol–water partition coefficient (Wildman–Crippen LogP) is 3.77. The molecule has 1 saturated heterocycles. The number of piperidine rings is 1. The van der Waals surface area contributed by atoms with Crippen molar-refractivity contribution in [1.82, 2.24) is 4.90 Å². The Kier molecular flexibility index (Phi) is 4.94. The van der Waals surface area contributed by atoms with Crippen LogP contribution in [0, 0.1) is 0 Å². The van der Waals surface area contributed by atoms with Gasteiger partial charge in [0.25, 0.3) is 5.91 Å². The van der Waals surface area contributed by atoms with Gasteiger partial charge in [0.05, 0.1) is 10.0 Å². The number of benzene rings is 1. The molecule has 0 aliphatic carbocycles. The summed E-state index contributed by atoms with van der Waals surface area (Å²) in [5.41, 5.74) is 0. The fraction of sp³-hybridized carbons (Fsp3) is 0.500. The number of halogens is 2. The molecule has 19 heavy (non-hydrogen) atoms. The average Bonchev–Trinajstić information content (AvgIpc) is 2.43. The van der Waals surface area contributed by atoms with Gasteiger partial charge in [0.2, 0.25) is 0 Å². The van der Waals surface area contributed by atoms with Gasteiger partial charge in [-0.15, -0.1) is 0 Å². The predicted molar refractivity (Wildman–Crippen MR) is 77.0 cm³/mol. The summed E-state index contributed by atoms with van der Waals surface area (Å²) in [4.78, 5) is 14.1. The third kappa shape index (κ3) is 3.77. The van der Waals surface area contributed by atoms with Crippen LogP contribution in [0.3, 0.4) is 0 Å². The lowest BCUT2D eigenvalue weighted by Crippen LogP contribution is -2.43. The van der Waals surface area contributed by atoms with Gasteiger partial charge in [-0.05, 0) is 38.3 Å². The summed E-state index contributed by atoms with van der Waals surface area (Å²) in [6.07, 6.45) is 2.85. The highest BCUT2D eigenvalue weighted by Gasteiger charge is 2.23. The van der Waals surface area contributed by atoms with E-state index in [0.29, 0.717) is 15.8 Å². The van der Waals surface area contributed by atoms with Gasteiger partial charge < -0.3 is 9.64 Å². The third-order valence-electron chi connectivity index (χ3n) is 3.22. The van der Waals surface area contributed by atoms with E-state index >= 15 is 0 Å². The Morgan fingerprint density at radius 3 is 2.53 bits per heavy atom. The molecule has 3 nitrogen and oxygen atoms in total. The maximum atomic E-state index is 12.2. The highest BCUT2D eigenvalue weighted by atomic mass is 35.5. The third-order valence-corrected chi connectivity index (χ3v) is 3.96. The molecule has 1 aromatic rings. The Labute approximate surface area is 123 Å². The van der Waals surface area contributed by atoms with Crippen LogP contribution in [0.1, 0.15) is 26.2 Å². The van der Waals surface area contributed by atoms with Crippen molar-refractivity contribution < 1.29 is 9.53 Å². The van der Waals surface area contributed by atoms with Gasteiger partial charge in [-0.25, -0.2) is 0 Å². The van der Waals surface area contributed by atoms with Gasteiger partial charge in [0, 0.05) is 19.2 Å². The van der Waals surface area contributed by atoms with Crippen LogP contribution in [0.2, 0.25) is 10.0 Å². The molecule has 0 radical (unpaired) electrons. The SMILES string of the molecule is CC(Oc1ccc(Cl)c(Cl)c1)C(=O)N1CCCCC1. The van der Waals surface area contributed by atoms with Crippen LogP contribution in [0.5, 0.6) is 5.75 Å². The van der Waals surface area contributed by atoms with E-state index in [4.69, 9.17) is 27.9 Å². The van der Waals surface area contributed by atoms with E-state index in [1.54, 1.807) is 25.1 Å². The Hall–Kier alpha value is -0.930. The van der Waals surface area contributed by atoms with E-state index in [-0.39, 0.29) is 5.91 Å². The molecule has 0 saturated carbocycles. The fourth-order valence-electron chi connectivity index (χ4n) is 2.18. The standard InChI is InChI=1S/C14H17Cl2NO2/c1-10(14(18)17-7-3-2-4-8-17)19-11-5-6-12(15)13(16)9-11/h5-6,9-10H,2-4,7-8H2,1H3. The van der Waals surface area contributed by atoms with E-state index in [9.17, 15) is 4.79 Å². The summed E-state index contributed by atoms with van der Waals surface area (Å²) >= 11 is 11.8. The number of amides is 1. The molecular weight excluding hydrogens is 285 g/mol. The van der Waals surface area contributed by atoms with Crippen LogP contribution in [-0.4, -0.2) is 30.0 Å². The first-order valence-electron chi connectivity index (χ1n) is 6.48. The highest BCUT2D eigenvalue weighted by Crippen LogP contribution is 2.27. The maximum Gasteiger partial charge on any atom is 0.263 e. The monoisotopic (exact) mass is 301 g/mol. The average molecular weight is 302 g/mol. The molecule has 1 fully saturated rings. The molecule has 2 rings (SSSR count). The summed E-state index contributed by atoms with van der Waals surface area (Å²) < 4.78 is 5.63. The largest absolute Gasteiger partial charge is 0.481 e. The Morgan fingerprint density at radius 2 is 1.89 bits per heavy atom. The molecule has 1 atom stereocenters. The van der Waals surface area contributed by atoms with Crippen molar-refractivity contribution in [3.63, 3.8) is 0 Å². The number of hydrogen-bond donors (Lipinski definition) is 0. The summed E-state index contributed by atoms with van der Waals surface area (Å²) in [5.74, 6) is 0.595. The van der Waals surface area contributed by atoms with Crippen molar-refractivity contribution >= 4 is 29.1 Å². The van der Waals surface area contributed by atoms with E-state index in [1.807, 2.05) is 4.90 Å². The molecule has 1 heterocycles. The number of nitrogens with zero attached hydrogens (tertiary/aromatic N) is 1. The van der Waals surface area contributed by atoms with Crippen LogP contribution in [0.15, 0.2) is 18.2 Å². The van der Waals surface area contributed by atoms with Crippen LogP contribution in [0.25, 0.3) is 0 Å². The fourth-order valence-corrected chi connectivity index (χ4v) is 2.46. The van der Waals surface area contributed by atoms with Crippen molar-refractivity contribution in [2.75, 3.05) is 13.1 Å². The molecule has 1 aliphatic rings. The Morgan fingerprint density at radius 1 is 1.21 bits per heavy atom. The van der Waals surface area contributed by atoms with Gasteiger partial charge >= 0.3 is 0 Å². The second-order valence-electron chi connectivity index (χ2n) is 4.72. The first kappa shape index (κ1) is 14.5. The quantitative estimate of drug-likeness (QED) is 0.850. The van der Waals surface area contributed by atoms with E-state index in [1.165, 1.54) is 6.42 Å². The zero-order valence-corrected chi connectivity index (χ0v) is 12.4. The summed E-state index contributed by atoms with van der Waals surface area (Å²) in [5, 5.41) is 0.904. The minimum atomic E-state index is -0.504. The first-order valence-corrected chi connectivity index (χ1v) is 7.24. The van der Waals surface area contributed by atoms with Crippen LogP contribution >= 0.6 is 23.2 Å². The molecule has 5 heteroatoms.